The molecule has 0 aliphatic carbocycles. The highest BCUT2D eigenvalue weighted by Crippen LogP contribution is 2.30. The van der Waals surface area contributed by atoms with Crippen LogP contribution in [0.1, 0.15) is 41.5 Å². The molecule has 0 aliphatic rings. The lowest BCUT2D eigenvalue weighted by Crippen LogP contribution is -2.60. The minimum Gasteiger partial charge on any atom is -0.481 e. The minimum absolute atomic E-state index is 0.0155. The smallest absolute Gasteiger partial charge is 0.318 e. The molecule has 0 saturated heterocycles. The number of hydrogen-bond acceptors (Lipinski definition) is 2. The minimum atomic E-state index is -1.07. The monoisotopic (exact) mass is 270 g/mol. The Labute approximate surface area is 115 Å². The van der Waals surface area contributed by atoms with Crippen LogP contribution in [-0.2, 0) is 4.79 Å². The number of carboxylic acid groups (broad SMARTS) is 1. The molecule has 0 rings (SSSR count). The summed E-state index contributed by atoms with van der Waals surface area (Å²) in [5.74, 6) is -0.947. The Balaban J connectivity index is 5.06. The Hall–Kier alpha value is -1.52. The molecule has 0 aromatic carbocycles. The molecule has 110 valence electrons. The predicted molar refractivity (Wildman–Crippen MR) is 76.1 cm³/mol. The van der Waals surface area contributed by atoms with E-state index in [1.165, 1.54) is 0 Å². The lowest BCUT2D eigenvalue weighted by Gasteiger charge is -2.40. The van der Waals surface area contributed by atoms with E-state index in [9.17, 15) is 14.7 Å². The topological polar surface area (TPSA) is 69.6 Å². The van der Waals surface area contributed by atoms with E-state index in [-0.39, 0.29) is 12.1 Å². The van der Waals surface area contributed by atoms with Gasteiger partial charge in [0.15, 0.2) is 0 Å². The van der Waals surface area contributed by atoms with Crippen LogP contribution in [0, 0.1) is 5.41 Å². The molecule has 0 atom stereocenters. The van der Waals surface area contributed by atoms with Gasteiger partial charge in [-0.3, -0.25) is 4.79 Å². The van der Waals surface area contributed by atoms with Crippen LogP contribution in [0.15, 0.2) is 12.7 Å². The molecular weight excluding hydrogens is 244 g/mol. The highest BCUT2D eigenvalue weighted by molar-refractivity contribution is 5.80. The highest BCUT2D eigenvalue weighted by atomic mass is 16.4. The van der Waals surface area contributed by atoms with Gasteiger partial charge >= 0.3 is 12.0 Å². The average molecular weight is 270 g/mol. The number of rotatable bonds is 6. The van der Waals surface area contributed by atoms with Gasteiger partial charge < -0.3 is 15.3 Å². The van der Waals surface area contributed by atoms with E-state index in [0.29, 0.717) is 6.54 Å². The summed E-state index contributed by atoms with van der Waals surface area (Å²) in [5, 5.41) is 12.1. The fourth-order valence-electron chi connectivity index (χ4n) is 1.43. The molecule has 0 radical (unpaired) electrons. The average Bonchev–Trinajstić information content (AvgIpc) is 2.23. The van der Waals surface area contributed by atoms with Gasteiger partial charge in [0.05, 0.1) is 11.0 Å². The van der Waals surface area contributed by atoms with Gasteiger partial charge in [-0.25, -0.2) is 4.79 Å². The van der Waals surface area contributed by atoms with Gasteiger partial charge in [-0.2, -0.15) is 0 Å². The van der Waals surface area contributed by atoms with E-state index < -0.39 is 16.9 Å². The first kappa shape index (κ1) is 17.5. The quantitative estimate of drug-likeness (QED) is 0.728. The Morgan fingerprint density at radius 3 is 2.11 bits per heavy atom. The summed E-state index contributed by atoms with van der Waals surface area (Å²) in [6, 6.07) is -0.268. The van der Waals surface area contributed by atoms with Crippen molar-refractivity contribution in [2.24, 2.45) is 5.41 Å². The molecule has 5 heteroatoms. The van der Waals surface area contributed by atoms with Gasteiger partial charge in [0.1, 0.15) is 0 Å². The maximum atomic E-state index is 12.2. The summed E-state index contributed by atoms with van der Waals surface area (Å²) in [6.07, 6.45) is 1.65. The van der Waals surface area contributed by atoms with Gasteiger partial charge in [0.2, 0.25) is 0 Å². The summed E-state index contributed by atoms with van der Waals surface area (Å²) in [7, 11) is 0. The lowest BCUT2D eigenvalue weighted by atomic mass is 9.74. The number of nitrogens with one attached hydrogen (secondary N) is 1. The molecular formula is C14H26N2O3. The molecule has 0 unspecified atom stereocenters. The third-order valence-corrected chi connectivity index (χ3v) is 3.73. The van der Waals surface area contributed by atoms with Crippen molar-refractivity contribution in [3.05, 3.63) is 12.7 Å². The third kappa shape index (κ3) is 3.98. The molecule has 5 nitrogen and oxygen atoms in total. The number of carbonyl (C=O) groups is 2. The molecule has 19 heavy (non-hydrogen) atoms. The second kappa shape index (κ2) is 6.08. The highest BCUT2D eigenvalue weighted by Gasteiger charge is 2.45. The maximum Gasteiger partial charge on any atom is 0.318 e. The summed E-state index contributed by atoms with van der Waals surface area (Å²) in [6.45, 7) is 14.5. The van der Waals surface area contributed by atoms with Crippen molar-refractivity contribution in [2.45, 2.75) is 53.1 Å². The fraction of sp³-hybridized carbons (Fsp3) is 0.714. The van der Waals surface area contributed by atoms with Gasteiger partial charge in [0, 0.05) is 12.6 Å². The fourth-order valence-corrected chi connectivity index (χ4v) is 1.43. The van der Waals surface area contributed by atoms with Crippen LogP contribution in [0.3, 0.4) is 0 Å². The van der Waals surface area contributed by atoms with Crippen LogP contribution in [0.25, 0.3) is 0 Å². The van der Waals surface area contributed by atoms with Crippen molar-refractivity contribution < 1.29 is 14.7 Å². The van der Waals surface area contributed by atoms with Crippen LogP contribution in [-0.4, -0.2) is 40.1 Å². The summed E-state index contributed by atoms with van der Waals surface area (Å²) in [5.41, 5.74) is -1.94. The Bertz CT molecular complexity index is 360. The number of hydrogen-bond donors (Lipinski definition) is 2. The molecule has 2 N–H and O–H groups in total. The number of urea groups is 1. The molecule has 0 aromatic rings. The first-order chi connectivity index (χ1) is 8.47. The second-order valence-corrected chi connectivity index (χ2v) is 6.02. The van der Waals surface area contributed by atoms with Crippen molar-refractivity contribution in [3.63, 3.8) is 0 Å². The summed E-state index contributed by atoms with van der Waals surface area (Å²) < 4.78 is 0. The van der Waals surface area contributed by atoms with E-state index in [1.807, 2.05) is 13.8 Å². The molecule has 0 spiro atoms. The van der Waals surface area contributed by atoms with E-state index in [4.69, 9.17) is 0 Å². The Kier molecular flexibility index (Phi) is 5.60. The summed E-state index contributed by atoms with van der Waals surface area (Å²) >= 11 is 0. The van der Waals surface area contributed by atoms with Crippen LogP contribution in [0.2, 0.25) is 0 Å². The molecule has 0 fully saturated rings. The number of amides is 2. The standard InChI is InChI=1S/C14H26N2O3/c1-8-9-16(10(2)3)12(19)15-14(6,7)13(4,5)11(17)18/h8,10H,1,9H2,2-7H3,(H,15,19)(H,17,18). The van der Waals surface area contributed by atoms with Crippen molar-refractivity contribution >= 4 is 12.0 Å². The third-order valence-electron chi connectivity index (χ3n) is 3.73. The van der Waals surface area contributed by atoms with Gasteiger partial charge in [-0.15, -0.1) is 6.58 Å². The van der Waals surface area contributed by atoms with Crippen LogP contribution < -0.4 is 5.32 Å². The molecule has 2 amide bonds. The van der Waals surface area contributed by atoms with E-state index in [0.717, 1.165) is 0 Å². The first-order valence-electron chi connectivity index (χ1n) is 6.40. The van der Waals surface area contributed by atoms with Crippen molar-refractivity contribution in [1.82, 2.24) is 10.2 Å². The van der Waals surface area contributed by atoms with E-state index >= 15 is 0 Å². The van der Waals surface area contributed by atoms with Crippen LogP contribution in [0.5, 0.6) is 0 Å². The zero-order valence-electron chi connectivity index (χ0n) is 12.8. The number of carbonyl (C=O) groups excluding carboxylic acids is 1. The molecule has 0 saturated carbocycles. The van der Waals surface area contributed by atoms with Crippen LogP contribution >= 0.6 is 0 Å². The lowest BCUT2D eigenvalue weighted by molar-refractivity contribution is -0.150. The molecule has 0 bridgehead atoms. The SMILES string of the molecule is C=CCN(C(=O)NC(C)(C)C(C)(C)C(=O)O)C(C)C. The Morgan fingerprint density at radius 1 is 1.32 bits per heavy atom. The van der Waals surface area contributed by atoms with Crippen molar-refractivity contribution in [3.8, 4) is 0 Å². The predicted octanol–water partition coefficient (Wildman–Crippen LogP) is 2.48. The number of carboxylic acids is 1. The van der Waals surface area contributed by atoms with Gasteiger partial charge in [-0.05, 0) is 41.5 Å². The van der Waals surface area contributed by atoms with E-state index in [2.05, 4.69) is 11.9 Å². The number of aliphatic carboxylic acids is 1. The van der Waals surface area contributed by atoms with Crippen molar-refractivity contribution in [1.29, 1.82) is 0 Å². The zero-order valence-corrected chi connectivity index (χ0v) is 12.8. The molecule has 0 aliphatic heterocycles. The second-order valence-electron chi connectivity index (χ2n) is 6.02. The van der Waals surface area contributed by atoms with Gasteiger partial charge in [0.25, 0.3) is 0 Å². The van der Waals surface area contributed by atoms with Crippen molar-refractivity contribution in [2.75, 3.05) is 6.54 Å². The normalized spacial score (nSPS) is 12.2. The van der Waals surface area contributed by atoms with Crippen LogP contribution in [0.4, 0.5) is 4.79 Å². The zero-order chi connectivity index (χ0) is 15.4. The molecule has 0 aromatic heterocycles. The molecule has 0 heterocycles. The summed E-state index contributed by atoms with van der Waals surface area (Å²) in [4.78, 5) is 25.1. The van der Waals surface area contributed by atoms with E-state index in [1.54, 1.807) is 38.7 Å². The largest absolute Gasteiger partial charge is 0.481 e. The maximum absolute atomic E-state index is 12.2. The van der Waals surface area contributed by atoms with Gasteiger partial charge in [-0.1, -0.05) is 6.08 Å². The number of nitrogens with zero attached hydrogens (tertiary/aromatic N) is 1. The Morgan fingerprint density at radius 2 is 1.79 bits per heavy atom. The first-order valence-corrected chi connectivity index (χ1v) is 6.40.